The van der Waals surface area contributed by atoms with Crippen molar-refractivity contribution in [1.29, 1.82) is 0 Å². The topological polar surface area (TPSA) is 29.1 Å². The monoisotopic (exact) mass is 163 g/mol. The predicted octanol–water partition coefficient (Wildman–Crippen LogP) is 1.53. The van der Waals surface area contributed by atoms with E-state index in [-0.39, 0.29) is 17.3 Å². The van der Waals surface area contributed by atoms with Crippen LogP contribution in [-0.2, 0) is 4.79 Å². The number of amides is 1. The van der Waals surface area contributed by atoms with Gasteiger partial charge in [-0.25, -0.2) is 0 Å². The third kappa shape index (κ3) is 3.72. The van der Waals surface area contributed by atoms with Crippen LogP contribution in [0.15, 0.2) is 0 Å². The maximum atomic E-state index is 10.5. The lowest BCUT2D eigenvalue weighted by Crippen LogP contribution is -2.36. The van der Waals surface area contributed by atoms with E-state index in [2.05, 4.69) is 5.32 Å². The van der Waals surface area contributed by atoms with Gasteiger partial charge in [0.05, 0.1) is 5.38 Å². The molecule has 0 heterocycles. The summed E-state index contributed by atoms with van der Waals surface area (Å²) in [5.41, 5.74) is 0. The Bertz CT molecular complexity index is 116. The average Bonchev–Trinajstić information content (AvgIpc) is 1.85. The maximum absolute atomic E-state index is 10.5. The SMILES string of the molecule is CCC(Cl)C(C)NC(C)=O. The first-order chi connectivity index (χ1) is 4.57. The second-order valence-corrected chi connectivity index (χ2v) is 2.97. The van der Waals surface area contributed by atoms with E-state index in [1.165, 1.54) is 6.92 Å². The van der Waals surface area contributed by atoms with Gasteiger partial charge in [0.1, 0.15) is 0 Å². The Morgan fingerprint density at radius 3 is 2.50 bits per heavy atom. The molecule has 2 unspecified atom stereocenters. The summed E-state index contributed by atoms with van der Waals surface area (Å²) in [6.07, 6.45) is 0.878. The molecule has 0 spiro atoms. The largest absolute Gasteiger partial charge is 0.352 e. The Morgan fingerprint density at radius 2 is 2.20 bits per heavy atom. The molecule has 0 radical (unpaired) electrons. The van der Waals surface area contributed by atoms with E-state index in [1.54, 1.807) is 0 Å². The molecular formula is C7H14ClNO. The third-order valence-corrected chi connectivity index (χ3v) is 2.05. The van der Waals surface area contributed by atoms with Crippen molar-refractivity contribution in [2.75, 3.05) is 0 Å². The van der Waals surface area contributed by atoms with Crippen LogP contribution in [0.4, 0.5) is 0 Å². The van der Waals surface area contributed by atoms with Crippen LogP contribution in [0.25, 0.3) is 0 Å². The van der Waals surface area contributed by atoms with Gasteiger partial charge in [-0.05, 0) is 13.3 Å². The van der Waals surface area contributed by atoms with Crippen molar-refractivity contribution >= 4 is 17.5 Å². The molecule has 0 rings (SSSR count). The number of carbonyl (C=O) groups excluding carboxylic acids is 1. The maximum Gasteiger partial charge on any atom is 0.217 e. The highest BCUT2D eigenvalue weighted by Crippen LogP contribution is 2.05. The number of rotatable bonds is 3. The summed E-state index contributed by atoms with van der Waals surface area (Å²) in [6, 6.07) is 0.0733. The molecule has 0 aromatic carbocycles. The van der Waals surface area contributed by atoms with Gasteiger partial charge in [-0.2, -0.15) is 0 Å². The Kier molecular flexibility index (Phi) is 4.45. The Balaban J connectivity index is 3.61. The lowest BCUT2D eigenvalue weighted by molar-refractivity contribution is -0.119. The Labute approximate surface area is 66.9 Å². The molecule has 0 aliphatic carbocycles. The normalized spacial score (nSPS) is 16.0. The average molecular weight is 164 g/mol. The number of halogens is 1. The molecule has 60 valence electrons. The first-order valence-electron chi connectivity index (χ1n) is 3.49. The minimum atomic E-state index is -0.0217. The van der Waals surface area contributed by atoms with E-state index < -0.39 is 0 Å². The van der Waals surface area contributed by atoms with Crippen LogP contribution in [0.1, 0.15) is 27.2 Å². The molecule has 10 heavy (non-hydrogen) atoms. The van der Waals surface area contributed by atoms with Gasteiger partial charge in [-0.3, -0.25) is 4.79 Å². The highest BCUT2D eigenvalue weighted by molar-refractivity contribution is 6.21. The summed E-state index contributed by atoms with van der Waals surface area (Å²) < 4.78 is 0. The molecule has 2 nitrogen and oxygen atoms in total. The summed E-state index contributed by atoms with van der Waals surface area (Å²) in [5.74, 6) is -0.0217. The van der Waals surface area contributed by atoms with Crippen LogP contribution in [0, 0.1) is 0 Å². The van der Waals surface area contributed by atoms with Crippen LogP contribution in [0.3, 0.4) is 0 Å². The standard InChI is InChI=1S/C7H14ClNO/c1-4-7(8)5(2)9-6(3)10/h5,7H,4H2,1-3H3,(H,9,10). The van der Waals surface area contributed by atoms with Crippen LogP contribution >= 0.6 is 11.6 Å². The van der Waals surface area contributed by atoms with Crippen molar-refractivity contribution in [3.63, 3.8) is 0 Å². The van der Waals surface area contributed by atoms with Crippen molar-refractivity contribution in [3.05, 3.63) is 0 Å². The number of carbonyl (C=O) groups is 1. The molecule has 0 bridgehead atoms. The second-order valence-electron chi connectivity index (χ2n) is 2.41. The smallest absolute Gasteiger partial charge is 0.217 e. The van der Waals surface area contributed by atoms with Gasteiger partial charge in [0.15, 0.2) is 0 Å². The van der Waals surface area contributed by atoms with Crippen molar-refractivity contribution in [3.8, 4) is 0 Å². The van der Waals surface area contributed by atoms with E-state index in [0.29, 0.717) is 0 Å². The molecule has 0 saturated carbocycles. The molecule has 0 aliphatic rings. The fourth-order valence-electron chi connectivity index (χ4n) is 0.765. The second kappa shape index (κ2) is 4.56. The number of hydrogen-bond donors (Lipinski definition) is 1. The molecule has 0 aliphatic heterocycles. The predicted molar refractivity (Wildman–Crippen MR) is 43.2 cm³/mol. The van der Waals surface area contributed by atoms with Gasteiger partial charge >= 0.3 is 0 Å². The van der Waals surface area contributed by atoms with Gasteiger partial charge in [0.25, 0.3) is 0 Å². The molecule has 2 atom stereocenters. The van der Waals surface area contributed by atoms with E-state index in [9.17, 15) is 4.79 Å². The van der Waals surface area contributed by atoms with Gasteiger partial charge in [-0.1, -0.05) is 6.92 Å². The van der Waals surface area contributed by atoms with E-state index in [0.717, 1.165) is 6.42 Å². The zero-order chi connectivity index (χ0) is 8.15. The highest BCUT2D eigenvalue weighted by atomic mass is 35.5. The molecular weight excluding hydrogens is 150 g/mol. The highest BCUT2D eigenvalue weighted by Gasteiger charge is 2.11. The fourth-order valence-corrected chi connectivity index (χ4v) is 0.828. The fraction of sp³-hybridized carbons (Fsp3) is 0.857. The van der Waals surface area contributed by atoms with Crippen LogP contribution < -0.4 is 5.32 Å². The van der Waals surface area contributed by atoms with E-state index >= 15 is 0 Å². The van der Waals surface area contributed by atoms with Crippen molar-refractivity contribution in [1.82, 2.24) is 5.32 Å². The molecule has 0 aromatic heterocycles. The van der Waals surface area contributed by atoms with E-state index in [1.807, 2.05) is 13.8 Å². The summed E-state index contributed by atoms with van der Waals surface area (Å²) in [6.45, 7) is 5.40. The van der Waals surface area contributed by atoms with Gasteiger partial charge in [0.2, 0.25) is 5.91 Å². The van der Waals surface area contributed by atoms with Crippen molar-refractivity contribution in [2.45, 2.75) is 38.6 Å². The third-order valence-electron chi connectivity index (χ3n) is 1.36. The first-order valence-corrected chi connectivity index (χ1v) is 3.92. The first kappa shape index (κ1) is 9.76. The van der Waals surface area contributed by atoms with Gasteiger partial charge in [0, 0.05) is 13.0 Å². The summed E-state index contributed by atoms with van der Waals surface area (Å²) in [5, 5.41) is 2.77. The molecule has 1 amide bonds. The molecule has 0 aromatic rings. The number of hydrogen-bond acceptors (Lipinski definition) is 1. The lowest BCUT2D eigenvalue weighted by atomic mass is 10.2. The molecule has 1 N–H and O–H groups in total. The minimum Gasteiger partial charge on any atom is -0.352 e. The molecule has 0 fully saturated rings. The van der Waals surface area contributed by atoms with Gasteiger partial charge in [-0.15, -0.1) is 11.6 Å². The van der Waals surface area contributed by atoms with E-state index in [4.69, 9.17) is 11.6 Å². The number of nitrogens with one attached hydrogen (secondary N) is 1. The summed E-state index contributed by atoms with van der Waals surface area (Å²) in [4.78, 5) is 10.5. The Morgan fingerprint density at radius 1 is 1.70 bits per heavy atom. The van der Waals surface area contributed by atoms with Crippen LogP contribution in [0.5, 0.6) is 0 Å². The van der Waals surface area contributed by atoms with Crippen molar-refractivity contribution in [2.24, 2.45) is 0 Å². The van der Waals surface area contributed by atoms with Crippen molar-refractivity contribution < 1.29 is 4.79 Å². The molecule has 3 heteroatoms. The summed E-state index contributed by atoms with van der Waals surface area (Å²) >= 11 is 5.85. The zero-order valence-corrected chi connectivity index (χ0v) is 7.40. The molecule has 0 saturated heterocycles. The van der Waals surface area contributed by atoms with Gasteiger partial charge < -0.3 is 5.32 Å². The minimum absolute atomic E-state index is 0.0217. The number of alkyl halides is 1. The Hall–Kier alpha value is -0.240. The quantitative estimate of drug-likeness (QED) is 0.629. The lowest BCUT2D eigenvalue weighted by Gasteiger charge is -2.16. The van der Waals surface area contributed by atoms with Crippen LogP contribution in [0.2, 0.25) is 0 Å². The van der Waals surface area contributed by atoms with Crippen LogP contribution in [-0.4, -0.2) is 17.3 Å². The summed E-state index contributed by atoms with van der Waals surface area (Å²) in [7, 11) is 0. The zero-order valence-electron chi connectivity index (χ0n) is 6.65.